The molecular formula is C10H13N3O2S3. The van der Waals surface area contributed by atoms with E-state index in [0.29, 0.717) is 11.4 Å². The van der Waals surface area contributed by atoms with E-state index in [2.05, 4.69) is 15.0 Å². The third-order valence-corrected chi connectivity index (χ3v) is 5.57. The molecule has 8 heteroatoms. The number of aromatic nitrogens is 1. The molecule has 2 aromatic rings. The summed E-state index contributed by atoms with van der Waals surface area (Å²) in [6, 6.07) is 1.63. The van der Waals surface area contributed by atoms with Crippen molar-refractivity contribution in [2.24, 2.45) is 0 Å². The molecule has 2 N–H and O–H groups in total. The fourth-order valence-corrected chi connectivity index (χ4v) is 4.52. The van der Waals surface area contributed by atoms with Crippen LogP contribution in [0.2, 0.25) is 0 Å². The molecule has 2 heterocycles. The molecular weight excluding hydrogens is 290 g/mol. The summed E-state index contributed by atoms with van der Waals surface area (Å²) in [6.45, 7) is 0.830. The van der Waals surface area contributed by atoms with E-state index in [-0.39, 0.29) is 6.54 Å². The van der Waals surface area contributed by atoms with Crippen molar-refractivity contribution < 1.29 is 8.42 Å². The third-order valence-electron chi connectivity index (χ3n) is 2.25. The van der Waals surface area contributed by atoms with Gasteiger partial charge in [-0.3, -0.25) is 4.98 Å². The number of hydrogen-bond acceptors (Lipinski definition) is 6. The van der Waals surface area contributed by atoms with Gasteiger partial charge in [0, 0.05) is 29.0 Å². The van der Waals surface area contributed by atoms with Crippen LogP contribution in [0.15, 0.2) is 28.0 Å². The van der Waals surface area contributed by atoms with E-state index >= 15 is 0 Å². The number of rotatable bonds is 6. The van der Waals surface area contributed by atoms with E-state index in [4.69, 9.17) is 0 Å². The summed E-state index contributed by atoms with van der Waals surface area (Å²) in [6.07, 6.45) is 1.66. The lowest BCUT2D eigenvalue weighted by Gasteiger charge is -2.06. The van der Waals surface area contributed by atoms with Gasteiger partial charge in [0.05, 0.1) is 10.4 Å². The van der Waals surface area contributed by atoms with Gasteiger partial charge in [0.1, 0.15) is 0 Å². The normalized spacial score (nSPS) is 11.8. The number of nitrogens with zero attached hydrogens (tertiary/aromatic N) is 1. The van der Waals surface area contributed by atoms with Gasteiger partial charge in [0.15, 0.2) is 0 Å². The smallest absolute Gasteiger partial charge is 0.242 e. The number of hydrogen-bond donors (Lipinski definition) is 2. The van der Waals surface area contributed by atoms with Crippen LogP contribution >= 0.6 is 22.7 Å². The van der Waals surface area contributed by atoms with Crippen molar-refractivity contribution in [3.05, 3.63) is 32.9 Å². The van der Waals surface area contributed by atoms with Crippen molar-refractivity contribution in [3.63, 3.8) is 0 Å². The molecule has 0 spiro atoms. The molecule has 0 amide bonds. The van der Waals surface area contributed by atoms with Crippen LogP contribution in [0.3, 0.4) is 0 Å². The Kier molecular flexibility index (Phi) is 4.46. The Bertz CT molecular complexity index is 590. The van der Waals surface area contributed by atoms with E-state index in [1.807, 2.05) is 0 Å². The number of nitrogens with one attached hydrogen (secondary N) is 2. The van der Waals surface area contributed by atoms with Crippen LogP contribution in [0.4, 0.5) is 0 Å². The Hall–Kier alpha value is -0.800. The van der Waals surface area contributed by atoms with Gasteiger partial charge in [-0.05, 0) is 18.5 Å². The Morgan fingerprint density at radius 2 is 2.17 bits per heavy atom. The molecule has 0 saturated heterocycles. The van der Waals surface area contributed by atoms with Crippen LogP contribution in [0, 0.1) is 0 Å². The number of thiophene rings is 1. The Morgan fingerprint density at radius 3 is 2.83 bits per heavy atom. The molecule has 0 aromatic carbocycles. The van der Waals surface area contributed by atoms with Crippen LogP contribution in [-0.4, -0.2) is 20.4 Å². The second-order valence-corrected chi connectivity index (χ2v) is 7.24. The molecule has 98 valence electrons. The molecule has 0 aliphatic heterocycles. The van der Waals surface area contributed by atoms with E-state index in [1.165, 1.54) is 22.7 Å². The maximum atomic E-state index is 12.1. The second-order valence-electron chi connectivity index (χ2n) is 3.53. The van der Waals surface area contributed by atoms with Gasteiger partial charge in [0.25, 0.3) is 0 Å². The molecule has 0 bridgehead atoms. The van der Waals surface area contributed by atoms with E-state index in [9.17, 15) is 8.42 Å². The summed E-state index contributed by atoms with van der Waals surface area (Å²) < 4.78 is 26.9. The summed E-state index contributed by atoms with van der Waals surface area (Å²) >= 11 is 2.86. The average Bonchev–Trinajstić information content (AvgIpc) is 2.97. The molecule has 0 atom stereocenters. The predicted molar refractivity (Wildman–Crippen MR) is 73.2 cm³/mol. The monoisotopic (exact) mass is 303 g/mol. The number of thiazole rings is 1. The maximum absolute atomic E-state index is 12.1. The molecule has 2 aromatic heterocycles. The third kappa shape index (κ3) is 3.15. The van der Waals surface area contributed by atoms with Crippen LogP contribution in [-0.2, 0) is 23.1 Å². The fraction of sp³-hybridized carbons (Fsp3) is 0.300. The molecule has 2 rings (SSSR count). The average molecular weight is 303 g/mol. The lowest BCUT2D eigenvalue weighted by atomic mass is 10.5. The van der Waals surface area contributed by atoms with Crippen molar-refractivity contribution in [1.82, 2.24) is 15.0 Å². The van der Waals surface area contributed by atoms with Crippen LogP contribution in [0.25, 0.3) is 0 Å². The quantitative estimate of drug-likeness (QED) is 0.846. The van der Waals surface area contributed by atoms with Crippen molar-refractivity contribution in [2.45, 2.75) is 18.0 Å². The Morgan fingerprint density at radius 1 is 1.33 bits per heavy atom. The van der Waals surface area contributed by atoms with Gasteiger partial charge in [-0.25, -0.2) is 13.1 Å². The second kappa shape index (κ2) is 5.89. The summed E-state index contributed by atoms with van der Waals surface area (Å²) in [5.41, 5.74) is 1.68. The van der Waals surface area contributed by atoms with Crippen molar-refractivity contribution in [3.8, 4) is 0 Å². The minimum Gasteiger partial charge on any atom is -0.315 e. The van der Waals surface area contributed by atoms with Gasteiger partial charge >= 0.3 is 0 Å². The maximum Gasteiger partial charge on any atom is 0.242 e. The first-order chi connectivity index (χ1) is 8.63. The highest BCUT2D eigenvalue weighted by Gasteiger charge is 2.19. The summed E-state index contributed by atoms with van der Waals surface area (Å²) in [4.78, 5) is 5.97. The molecule has 0 aliphatic rings. The first kappa shape index (κ1) is 13.6. The lowest BCUT2D eigenvalue weighted by molar-refractivity contribution is 0.580. The summed E-state index contributed by atoms with van der Waals surface area (Å²) in [5.74, 6) is 0. The zero-order valence-corrected chi connectivity index (χ0v) is 12.2. The summed E-state index contributed by atoms with van der Waals surface area (Å²) in [7, 11) is -1.65. The molecule has 0 saturated carbocycles. The first-order valence-corrected chi connectivity index (χ1v) is 8.45. The predicted octanol–water partition coefficient (Wildman–Crippen LogP) is 1.40. The minimum absolute atomic E-state index is 0.280. The Labute approximate surface area is 114 Å². The summed E-state index contributed by atoms with van der Waals surface area (Å²) in [5, 5.41) is 4.75. The van der Waals surface area contributed by atoms with E-state index in [0.717, 1.165) is 9.75 Å². The zero-order valence-electron chi connectivity index (χ0n) is 9.71. The molecule has 0 unspecified atom stereocenters. The van der Waals surface area contributed by atoms with Crippen LogP contribution in [0.5, 0.6) is 0 Å². The molecule has 0 aliphatic carbocycles. The van der Waals surface area contributed by atoms with Crippen molar-refractivity contribution in [1.29, 1.82) is 0 Å². The van der Waals surface area contributed by atoms with Crippen molar-refractivity contribution >= 4 is 32.7 Å². The molecule has 5 nitrogen and oxygen atoms in total. The SMILES string of the molecule is CNCc1sccc1S(=O)(=O)NCc1cncs1. The van der Waals surface area contributed by atoms with Gasteiger partial charge in [-0.2, -0.15) is 0 Å². The van der Waals surface area contributed by atoms with Gasteiger partial charge in [0.2, 0.25) is 10.0 Å². The fourth-order valence-electron chi connectivity index (χ4n) is 1.43. The van der Waals surface area contributed by atoms with Crippen LogP contribution < -0.4 is 10.0 Å². The highest BCUT2D eigenvalue weighted by atomic mass is 32.2. The Balaban J connectivity index is 2.12. The van der Waals surface area contributed by atoms with Gasteiger partial charge in [-0.1, -0.05) is 0 Å². The van der Waals surface area contributed by atoms with E-state index < -0.39 is 10.0 Å². The standard InChI is InChI=1S/C10H13N3O2S3/c1-11-6-9-10(2-3-16-9)18(14,15)13-5-8-4-12-7-17-8/h2-4,7,11,13H,5-6H2,1H3. The zero-order chi connectivity index (χ0) is 13.0. The lowest BCUT2D eigenvalue weighted by Crippen LogP contribution is -2.23. The van der Waals surface area contributed by atoms with Crippen molar-refractivity contribution in [2.75, 3.05) is 7.05 Å². The van der Waals surface area contributed by atoms with E-state index in [1.54, 1.807) is 30.2 Å². The topological polar surface area (TPSA) is 71.1 Å². The molecule has 18 heavy (non-hydrogen) atoms. The van der Waals surface area contributed by atoms with Gasteiger partial charge in [-0.15, -0.1) is 22.7 Å². The molecule has 0 radical (unpaired) electrons. The molecule has 0 fully saturated rings. The highest BCUT2D eigenvalue weighted by Crippen LogP contribution is 2.22. The minimum atomic E-state index is -3.45. The van der Waals surface area contributed by atoms with Gasteiger partial charge < -0.3 is 5.32 Å². The first-order valence-electron chi connectivity index (χ1n) is 5.21. The number of sulfonamides is 1. The van der Waals surface area contributed by atoms with Crippen LogP contribution in [0.1, 0.15) is 9.75 Å². The largest absolute Gasteiger partial charge is 0.315 e. The highest BCUT2D eigenvalue weighted by molar-refractivity contribution is 7.89.